The van der Waals surface area contributed by atoms with Crippen LogP contribution in [0.2, 0.25) is 0 Å². The van der Waals surface area contributed by atoms with Crippen LogP contribution in [0.3, 0.4) is 0 Å². The van der Waals surface area contributed by atoms with Crippen molar-refractivity contribution in [1.82, 2.24) is 5.32 Å². The lowest BCUT2D eigenvalue weighted by atomic mass is 9.86. The number of carboxylic acids is 1. The quantitative estimate of drug-likeness (QED) is 0.721. The molecule has 1 aliphatic rings. The van der Waals surface area contributed by atoms with E-state index in [0.29, 0.717) is 25.7 Å². The lowest BCUT2D eigenvalue weighted by Crippen LogP contribution is -2.39. The smallest absolute Gasteiger partial charge is 0.306 e. The molecule has 7 nitrogen and oxygen atoms in total. The van der Waals surface area contributed by atoms with Crippen molar-refractivity contribution >= 4 is 27.6 Å². The van der Waals surface area contributed by atoms with Crippen molar-refractivity contribution in [2.75, 3.05) is 10.5 Å². The number of carbonyl (C=O) groups excluding carboxylic acids is 1. The van der Waals surface area contributed by atoms with Gasteiger partial charge in [0.15, 0.2) is 0 Å². The fourth-order valence-electron chi connectivity index (χ4n) is 2.76. The van der Waals surface area contributed by atoms with E-state index in [2.05, 4.69) is 10.0 Å². The van der Waals surface area contributed by atoms with Crippen molar-refractivity contribution in [1.29, 1.82) is 0 Å². The number of rotatable bonds is 6. The topological polar surface area (TPSA) is 113 Å². The van der Waals surface area contributed by atoms with Crippen molar-refractivity contribution in [3.63, 3.8) is 0 Å². The Morgan fingerprint density at radius 2 is 1.79 bits per heavy atom. The van der Waals surface area contributed by atoms with Crippen molar-refractivity contribution in [2.45, 2.75) is 38.6 Å². The van der Waals surface area contributed by atoms with E-state index in [1.807, 2.05) is 0 Å². The number of amides is 1. The van der Waals surface area contributed by atoms with Gasteiger partial charge in [-0.3, -0.25) is 14.3 Å². The van der Waals surface area contributed by atoms with Gasteiger partial charge in [0, 0.05) is 6.04 Å². The van der Waals surface area contributed by atoms with E-state index in [4.69, 9.17) is 5.11 Å². The van der Waals surface area contributed by atoms with Crippen LogP contribution in [0.15, 0.2) is 24.3 Å². The van der Waals surface area contributed by atoms with Gasteiger partial charge in [0.2, 0.25) is 10.0 Å². The minimum Gasteiger partial charge on any atom is -0.481 e. The first-order chi connectivity index (χ1) is 11.3. The van der Waals surface area contributed by atoms with Crippen LogP contribution in [0.25, 0.3) is 0 Å². The largest absolute Gasteiger partial charge is 0.481 e. The Labute approximate surface area is 141 Å². The van der Waals surface area contributed by atoms with Crippen LogP contribution < -0.4 is 10.0 Å². The molecule has 2 rings (SSSR count). The Morgan fingerprint density at radius 3 is 2.38 bits per heavy atom. The SMILES string of the molecule is CCS(=O)(=O)Nc1ccccc1C(=O)NC1CCC(C(=O)O)CC1. The Bertz CT molecular complexity index is 709. The third-order valence-electron chi connectivity index (χ3n) is 4.23. The predicted octanol–water partition coefficient (Wildman–Crippen LogP) is 1.82. The summed E-state index contributed by atoms with van der Waals surface area (Å²) in [6, 6.07) is 6.33. The van der Waals surface area contributed by atoms with Crippen LogP contribution in [0.4, 0.5) is 5.69 Å². The van der Waals surface area contributed by atoms with E-state index in [1.54, 1.807) is 24.3 Å². The van der Waals surface area contributed by atoms with Gasteiger partial charge in [-0.15, -0.1) is 0 Å². The summed E-state index contributed by atoms with van der Waals surface area (Å²) in [5.74, 6) is -1.58. The predicted molar refractivity (Wildman–Crippen MR) is 90.4 cm³/mol. The molecule has 1 amide bonds. The van der Waals surface area contributed by atoms with Crippen molar-refractivity contribution in [3.8, 4) is 0 Å². The van der Waals surface area contributed by atoms with Crippen LogP contribution in [-0.4, -0.2) is 37.2 Å². The second-order valence-electron chi connectivity index (χ2n) is 5.91. The highest BCUT2D eigenvalue weighted by Gasteiger charge is 2.27. The van der Waals surface area contributed by atoms with Gasteiger partial charge in [0.25, 0.3) is 5.91 Å². The molecule has 1 aromatic carbocycles. The summed E-state index contributed by atoms with van der Waals surface area (Å²) in [4.78, 5) is 23.4. The normalized spacial score (nSPS) is 21.0. The van der Waals surface area contributed by atoms with Gasteiger partial charge >= 0.3 is 5.97 Å². The molecule has 0 aliphatic heterocycles. The molecule has 0 saturated heterocycles. The summed E-state index contributed by atoms with van der Waals surface area (Å²) < 4.78 is 25.9. The molecule has 1 saturated carbocycles. The maximum Gasteiger partial charge on any atom is 0.306 e. The number of carboxylic acid groups (broad SMARTS) is 1. The Kier molecular flexibility index (Phi) is 5.82. The minimum atomic E-state index is -3.47. The fourth-order valence-corrected chi connectivity index (χ4v) is 3.42. The molecule has 3 N–H and O–H groups in total. The third kappa shape index (κ3) is 4.70. The van der Waals surface area contributed by atoms with Crippen molar-refractivity contribution in [2.24, 2.45) is 5.92 Å². The average molecular weight is 354 g/mol. The molecule has 1 aromatic rings. The number of para-hydroxylation sites is 1. The minimum absolute atomic E-state index is 0.0812. The highest BCUT2D eigenvalue weighted by atomic mass is 32.2. The highest BCUT2D eigenvalue weighted by molar-refractivity contribution is 7.92. The van der Waals surface area contributed by atoms with Crippen LogP contribution in [-0.2, 0) is 14.8 Å². The Balaban J connectivity index is 2.04. The van der Waals surface area contributed by atoms with Crippen LogP contribution >= 0.6 is 0 Å². The summed E-state index contributed by atoms with van der Waals surface area (Å²) in [5, 5.41) is 11.9. The Morgan fingerprint density at radius 1 is 1.17 bits per heavy atom. The number of aliphatic carboxylic acids is 1. The maximum absolute atomic E-state index is 12.5. The van der Waals surface area contributed by atoms with Gasteiger partial charge in [-0.1, -0.05) is 12.1 Å². The second kappa shape index (κ2) is 7.65. The molecule has 0 atom stereocenters. The highest BCUT2D eigenvalue weighted by Crippen LogP contribution is 2.25. The maximum atomic E-state index is 12.5. The molecule has 0 spiro atoms. The lowest BCUT2D eigenvalue weighted by Gasteiger charge is -2.27. The first-order valence-corrected chi connectivity index (χ1v) is 9.61. The first kappa shape index (κ1) is 18.3. The van der Waals surface area contributed by atoms with Gasteiger partial charge in [0.1, 0.15) is 0 Å². The summed E-state index contributed by atoms with van der Waals surface area (Å²) in [6.07, 6.45) is 2.27. The zero-order chi connectivity index (χ0) is 17.7. The number of hydrogen-bond donors (Lipinski definition) is 3. The molecular weight excluding hydrogens is 332 g/mol. The summed E-state index contributed by atoms with van der Waals surface area (Å²) in [6.45, 7) is 1.52. The van der Waals surface area contributed by atoms with E-state index < -0.39 is 16.0 Å². The third-order valence-corrected chi connectivity index (χ3v) is 5.52. The van der Waals surface area contributed by atoms with Crippen LogP contribution in [0, 0.1) is 5.92 Å². The summed E-state index contributed by atoms with van der Waals surface area (Å²) in [7, 11) is -3.47. The van der Waals surface area contributed by atoms with Gasteiger partial charge in [-0.25, -0.2) is 8.42 Å². The van der Waals surface area contributed by atoms with Gasteiger partial charge in [-0.05, 0) is 44.7 Å². The molecule has 1 fully saturated rings. The zero-order valence-electron chi connectivity index (χ0n) is 13.5. The molecule has 0 unspecified atom stereocenters. The number of hydrogen-bond acceptors (Lipinski definition) is 4. The first-order valence-electron chi connectivity index (χ1n) is 7.95. The molecule has 0 heterocycles. The molecular formula is C16H22N2O5S. The lowest BCUT2D eigenvalue weighted by molar-refractivity contribution is -0.142. The summed E-state index contributed by atoms with van der Waals surface area (Å²) >= 11 is 0. The van der Waals surface area contributed by atoms with Gasteiger partial charge in [0.05, 0.1) is 22.9 Å². The molecule has 0 radical (unpaired) electrons. The number of anilines is 1. The van der Waals surface area contributed by atoms with Gasteiger partial charge < -0.3 is 10.4 Å². The average Bonchev–Trinajstić information content (AvgIpc) is 2.55. The van der Waals surface area contributed by atoms with Crippen LogP contribution in [0.5, 0.6) is 0 Å². The zero-order valence-corrected chi connectivity index (χ0v) is 14.3. The fraction of sp³-hybridized carbons (Fsp3) is 0.500. The van der Waals surface area contributed by atoms with Gasteiger partial charge in [-0.2, -0.15) is 0 Å². The molecule has 0 bridgehead atoms. The summed E-state index contributed by atoms with van der Waals surface area (Å²) in [5.41, 5.74) is 0.506. The van der Waals surface area contributed by atoms with E-state index in [1.165, 1.54) is 6.92 Å². The number of benzene rings is 1. The second-order valence-corrected chi connectivity index (χ2v) is 7.92. The molecule has 8 heteroatoms. The molecule has 1 aliphatic carbocycles. The molecule has 132 valence electrons. The molecule has 24 heavy (non-hydrogen) atoms. The molecule has 0 aromatic heterocycles. The monoisotopic (exact) mass is 354 g/mol. The number of nitrogens with one attached hydrogen (secondary N) is 2. The number of sulfonamides is 1. The van der Waals surface area contributed by atoms with Crippen molar-refractivity contribution in [3.05, 3.63) is 29.8 Å². The standard InChI is InChI=1S/C16H22N2O5S/c1-2-24(22,23)18-14-6-4-3-5-13(14)15(19)17-12-9-7-11(8-10-12)16(20)21/h3-6,11-12,18H,2,7-10H2,1H3,(H,17,19)(H,20,21). The van der Waals surface area contributed by atoms with Crippen LogP contribution in [0.1, 0.15) is 43.0 Å². The van der Waals surface area contributed by atoms with E-state index in [0.717, 1.165) is 0 Å². The van der Waals surface area contributed by atoms with E-state index in [9.17, 15) is 18.0 Å². The van der Waals surface area contributed by atoms with E-state index >= 15 is 0 Å². The van der Waals surface area contributed by atoms with Crippen molar-refractivity contribution < 1.29 is 23.1 Å². The number of carbonyl (C=O) groups is 2. The Hall–Kier alpha value is -2.09. The van der Waals surface area contributed by atoms with E-state index in [-0.39, 0.29) is 34.9 Å².